The van der Waals surface area contributed by atoms with Crippen LogP contribution in [-0.2, 0) is 23.9 Å². The van der Waals surface area contributed by atoms with E-state index in [0.29, 0.717) is 5.56 Å². The number of rotatable bonds is 6. The van der Waals surface area contributed by atoms with Crippen molar-refractivity contribution < 1.29 is 29.0 Å². The molecule has 1 saturated heterocycles. The van der Waals surface area contributed by atoms with Crippen molar-refractivity contribution in [2.45, 2.75) is 29.7 Å². The van der Waals surface area contributed by atoms with Gasteiger partial charge in [-0.05, 0) is 13.0 Å². The van der Waals surface area contributed by atoms with Gasteiger partial charge in [-0.15, -0.1) is 11.8 Å². The van der Waals surface area contributed by atoms with Crippen LogP contribution in [0.5, 0.6) is 0 Å². The maximum absolute atomic E-state index is 12.5. The Morgan fingerprint density at radius 2 is 2.04 bits per heavy atom. The van der Waals surface area contributed by atoms with Crippen LogP contribution in [0.3, 0.4) is 0 Å². The third-order valence-corrected chi connectivity index (χ3v) is 5.43. The van der Waals surface area contributed by atoms with Crippen LogP contribution >= 0.6 is 11.8 Å². The van der Waals surface area contributed by atoms with Gasteiger partial charge >= 0.3 is 5.97 Å². The van der Waals surface area contributed by atoms with Gasteiger partial charge in [0.2, 0.25) is 6.10 Å². The molecule has 8 nitrogen and oxygen atoms in total. The summed E-state index contributed by atoms with van der Waals surface area (Å²) in [6.45, 7) is 1.99. The number of amides is 2. The van der Waals surface area contributed by atoms with E-state index in [-0.39, 0.29) is 17.4 Å². The highest BCUT2D eigenvalue weighted by molar-refractivity contribution is 8.00. The molecular formula is C17H16N2O6S. The third kappa shape index (κ3) is 3.17. The van der Waals surface area contributed by atoms with Crippen molar-refractivity contribution in [1.29, 1.82) is 0 Å². The third-order valence-electron chi connectivity index (χ3n) is 4.10. The number of fused-ring (bicyclic) bond motifs is 1. The summed E-state index contributed by atoms with van der Waals surface area (Å²) < 4.78 is 4.88. The zero-order chi connectivity index (χ0) is 18.8. The zero-order valence-electron chi connectivity index (χ0n) is 13.7. The molecular weight excluding hydrogens is 360 g/mol. The number of β-lactam (4-membered cyclic amide) rings is 1. The van der Waals surface area contributed by atoms with Gasteiger partial charge in [0.25, 0.3) is 18.3 Å². The van der Waals surface area contributed by atoms with Gasteiger partial charge < -0.3 is 15.2 Å². The van der Waals surface area contributed by atoms with Gasteiger partial charge in [-0.25, -0.2) is 4.79 Å². The summed E-state index contributed by atoms with van der Waals surface area (Å²) in [5.74, 6) is -2.33. The number of hydrogen-bond acceptors (Lipinski definition) is 6. The number of nitrogens with zero attached hydrogens (tertiary/aromatic N) is 1. The Balaban J connectivity index is 1.76. The van der Waals surface area contributed by atoms with Gasteiger partial charge in [-0.2, -0.15) is 0 Å². The van der Waals surface area contributed by atoms with E-state index in [1.165, 1.54) is 17.8 Å². The summed E-state index contributed by atoms with van der Waals surface area (Å²) in [4.78, 5) is 48.2. The quantitative estimate of drug-likeness (QED) is 0.554. The van der Waals surface area contributed by atoms with Crippen LogP contribution in [0.1, 0.15) is 18.6 Å². The summed E-state index contributed by atoms with van der Waals surface area (Å²) in [6.07, 6.45) is 0.317. The fraction of sp³-hybridized carbons (Fsp3) is 0.294. The average Bonchev–Trinajstić information content (AvgIpc) is 2.63. The topological polar surface area (TPSA) is 113 Å². The molecule has 2 aliphatic heterocycles. The number of thioether (sulfide) groups is 1. The molecule has 3 rings (SSSR count). The molecule has 0 radical (unpaired) electrons. The van der Waals surface area contributed by atoms with Crippen molar-refractivity contribution in [2.75, 3.05) is 0 Å². The molecule has 2 aliphatic rings. The van der Waals surface area contributed by atoms with Gasteiger partial charge in [0.15, 0.2) is 0 Å². The molecule has 2 amide bonds. The number of aliphatic carboxylic acids is 1. The fourth-order valence-corrected chi connectivity index (χ4v) is 4.26. The second kappa shape index (κ2) is 7.20. The zero-order valence-corrected chi connectivity index (χ0v) is 14.5. The Morgan fingerprint density at radius 1 is 1.35 bits per heavy atom. The predicted octanol–water partition coefficient (Wildman–Crippen LogP) is 0.658. The maximum Gasteiger partial charge on any atom is 0.352 e. The SMILES string of the molecule is CC1C=C(C(=O)O)N2C(=O)C(NC(=O)C(OC=O)c3ccccc3)[C@@H]2S1. The summed E-state index contributed by atoms with van der Waals surface area (Å²) >= 11 is 1.37. The van der Waals surface area contributed by atoms with Crippen LogP contribution in [0.2, 0.25) is 0 Å². The second-order valence-electron chi connectivity index (χ2n) is 5.81. The number of carboxylic acid groups (broad SMARTS) is 1. The summed E-state index contributed by atoms with van der Waals surface area (Å²) in [6, 6.07) is 7.54. The molecule has 4 atom stereocenters. The van der Waals surface area contributed by atoms with E-state index in [4.69, 9.17) is 4.74 Å². The van der Waals surface area contributed by atoms with E-state index >= 15 is 0 Å². The highest BCUT2D eigenvalue weighted by Gasteiger charge is 2.54. The molecule has 0 spiro atoms. The lowest BCUT2D eigenvalue weighted by molar-refractivity contribution is -0.153. The molecule has 2 N–H and O–H groups in total. The Hall–Kier alpha value is -2.81. The molecule has 0 aliphatic carbocycles. The number of carboxylic acids is 1. The smallest absolute Gasteiger partial charge is 0.352 e. The highest BCUT2D eigenvalue weighted by atomic mass is 32.2. The molecule has 3 unspecified atom stereocenters. The van der Waals surface area contributed by atoms with Gasteiger partial charge in [-0.3, -0.25) is 19.3 Å². The molecule has 1 fully saturated rings. The number of ether oxygens (including phenoxy) is 1. The molecule has 0 bridgehead atoms. The molecule has 1 aromatic rings. The van der Waals surface area contributed by atoms with E-state index in [1.54, 1.807) is 30.3 Å². The van der Waals surface area contributed by atoms with Crippen molar-refractivity contribution in [3.63, 3.8) is 0 Å². The summed E-state index contributed by atoms with van der Waals surface area (Å²) in [5, 5.41) is 11.2. The Morgan fingerprint density at radius 3 is 2.65 bits per heavy atom. The molecule has 0 aromatic heterocycles. The molecule has 2 heterocycles. The number of carbonyl (C=O) groups is 4. The van der Waals surface area contributed by atoms with Crippen molar-refractivity contribution in [1.82, 2.24) is 10.2 Å². The van der Waals surface area contributed by atoms with Crippen molar-refractivity contribution in [3.05, 3.63) is 47.7 Å². The lowest BCUT2D eigenvalue weighted by Gasteiger charge is -2.49. The molecule has 9 heteroatoms. The highest BCUT2D eigenvalue weighted by Crippen LogP contribution is 2.40. The van der Waals surface area contributed by atoms with E-state index in [1.807, 2.05) is 6.92 Å². The fourth-order valence-electron chi connectivity index (χ4n) is 2.93. The van der Waals surface area contributed by atoms with E-state index in [9.17, 15) is 24.3 Å². The number of nitrogens with one attached hydrogen (secondary N) is 1. The molecule has 136 valence electrons. The summed E-state index contributed by atoms with van der Waals surface area (Å²) in [7, 11) is 0. The van der Waals surface area contributed by atoms with E-state index in [2.05, 4.69) is 5.32 Å². The number of hydrogen-bond donors (Lipinski definition) is 2. The minimum absolute atomic E-state index is 0.0829. The average molecular weight is 376 g/mol. The standard InChI is InChI=1S/C17H16N2O6S/c1-9-7-11(17(23)24)19-15(22)12(16(19)26-9)18-14(21)13(25-8-20)10-5-3-2-4-6-10/h2-9,12-13,16H,1H3,(H,18,21)(H,23,24)/t9?,12?,13?,16-/m0/s1. The van der Waals surface area contributed by atoms with Crippen molar-refractivity contribution >= 4 is 36.0 Å². The second-order valence-corrected chi connectivity index (χ2v) is 7.31. The normalized spacial score (nSPS) is 25.3. The molecule has 26 heavy (non-hydrogen) atoms. The van der Waals surface area contributed by atoms with Gasteiger partial charge in [0.05, 0.1) is 0 Å². The van der Waals surface area contributed by atoms with Crippen LogP contribution in [0.4, 0.5) is 0 Å². The first-order valence-electron chi connectivity index (χ1n) is 7.82. The molecule has 0 saturated carbocycles. The minimum atomic E-state index is -1.19. The Labute approximate surface area is 153 Å². The van der Waals surface area contributed by atoms with Crippen molar-refractivity contribution in [2.24, 2.45) is 0 Å². The van der Waals surface area contributed by atoms with E-state index in [0.717, 1.165) is 4.90 Å². The van der Waals surface area contributed by atoms with Crippen LogP contribution in [-0.4, -0.2) is 50.9 Å². The minimum Gasteiger partial charge on any atom is -0.477 e. The first-order valence-corrected chi connectivity index (χ1v) is 8.76. The molecule has 1 aromatic carbocycles. The lowest BCUT2D eigenvalue weighted by atomic mass is 10.0. The van der Waals surface area contributed by atoms with Crippen LogP contribution in [0.15, 0.2) is 42.1 Å². The van der Waals surface area contributed by atoms with Gasteiger partial charge in [0, 0.05) is 10.8 Å². The monoisotopic (exact) mass is 376 g/mol. The Bertz CT molecular complexity index is 781. The number of carbonyl (C=O) groups excluding carboxylic acids is 3. The Kier molecular flexibility index (Phi) is 4.99. The predicted molar refractivity (Wildman–Crippen MR) is 91.7 cm³/mol. The van der Waals surface area contributed by atoms with E-state index < -0.39 is 35.3 Å². The summed E-state index contributed by atoms with van der Waals surface area (Å²) in [5.41, 5.74) is 0.386. The van der Waals surface area contributed by atoms with Gasteiger partial charge in [0.1, 0.15) is 17.1 Å². The maximum atomic E-state index is 12.5. The van der Waals surface area contributed by atoms with Crippen molar-refractivity contribution in [3.8, 4) is 0 Å². The first-order chi connectivity index (χ1) is 12.4. The lowest BCUT2D eigenvalue weighted by Crippen LogP contribution is -2.70. The first kappa shape index (κ1) is 18.0. The van der Waals surface area contributed by atoms with Crippen LogP contribution < -0.4 is 5.32 Å². The largest absolute Gasteiger partial charge is 0.477 e. The van der Waals surface area contributed by atoms with Gasteiger partial charge in [-0.1, -0.05) is 30.3 Å². The number of benzene rings is 1. The van der Waals surface area contributed by atoms with Crippen LogP contribution in [0, 0.1) is 0 Å². The van der Waals surface area contributed by atoms with Crippen LogP contribution in [0.25, 0.3) is 0 Å².